The van der Waals surface area contributed by atoms with Gasteiger partial charge in [-0.1, -0.05) is 0 Å². The summed E-state index contributed by atoms with van der Waals surface area (Å²) in [5.41, 5.74) is 0.466. The van der Waals surface area contributed by atoms with E-state index in [1.165, 1.54) is 24.5 Å². The van der Waals surface area contributed by atoms with Gasteiger partial charge < -0.3 is 9.84 Å². The second-order valence-corrected chi connectivity index (χ2v) is 11.5. The van der Waals surface area contributed by atoms with E-state index in [2.05, 4.69) is 9.72 Å². The van der Waals surface area contributed by atoms with Crippen LogP contribution in [0.3, 0.4) is 0 Å². The fraction of sp³-hybridized carbons (Fsp3) is 0.368. The first-order valence-electron chi connectivity index (χ1n) is 9.50. The molecular formula is C19H19F3N2O7S2. The van der Waals surface area contributed by atoms with Crippen molar-refractivity contribution in [2.45, 2.75) is 41.1 Å². The number of alkyl halides is 3. The summed E-state index contributed by atoms with van der Waals surface area (Å²) >= 11 is 0. The Bertz CT molecular complexity index is 1200. The monoisotopic (exact) mass is 508 g/mol. The normalized spacial score (nSPS) is 20.3. The summed E-state index contributed by atoms with van der Waals surface area (Å²) in [6, 6.07) is 4.68. The molecule has 1 aliphatic heterocycles. The summed E-state index contributed by atoms with van der Waals surface area (Å²) in [6.45, 7) is -0.389. The minimum Gasteiger partial charge on any atom is -0.480 e. The molecule has 1 aromatic heterocycles. The molecule has 2 atom stereocenters. The molecular weight excluding hydrogens is 489 g/mol. The van der Waals surface area contributed by atoms with Crippen LogP contribution < -0.4 is 4.74 Å². The molecule has 2 aromatic rings. The van der Waals surface area contributed by atoms with Crippen LogP contribution in [-0.2, 0) is 30.4 Å². The van der Waals surface area contributed by atoms with Gasteiger partial charge in [0.2, 0.25) is 10.0 Å². The van der Waals surface area contributed by atoms with E-state index in [1.54, 1.807) is 0 Å². The molecule has 1 fully saturated rings. The van der Waals surface area contributed by atoms with Crippen LogP contribution >= 0.6 is 0 Å². The van der Waals surface area contributed by atoms with E-state index in [0.717, 1.165) is 24.3 Å². The van der Waals surface area contributed by atoms with Gasteiger partial charge in [-0.2, -0.15) is 4.31 Å². The molecule has 1 saturated heterocycles. The number of carboxylic acid groups (broad SMARTS) is 1. The highest BCUT2D eigenvalue weighted by atomic mass is 32.2. The van der Waals surface area contributed by atoms with Crippen LogP contribution in [0.5, 0.6) is 5.75 Å². The first-order valence-corrected chi connectivity index (χ1v) is 12.7. The smallest absolute Gasteiger partial charge is 0.480 e. The number of hydrogen-bond acceptors (Lipinski definition) is 7. The van der Waals surface area contributed by atoms with Gasteiger partial charge in [-0.3, -0.25) is 9.78 Å². The summed E-state index contributed by atoms with van der Waals surface area (Å²) in [7, 11) is -8.23. The summed E-state index contributed by atoms with van der Waals surface area (Å²) in [5.74, 6) is -2.52. The van der Waals surface area contributed by atoms with E-state index in [0.29, 0.717) is 9.87 Å². The lowest BCUT2D eigenvalue weighted by Crippen LogP contribution is -2.52. The number of carboxylic acids is 1. The third-order valence-corrected chi connectivity index (χ3v) is 9.18. The molecule has 9 nitrogen and oxygen atoms in total. The number of pyridine rings is 1. The Hall–Kier alpha value is -2.71. The number of nitrogens with zero attached hydrogens (tertiary/aromatic N) is 2. The molecule has 0 bridgehead atoms. The van der Waals surface area contributed by atoms with Crippen LogP contribution in [0, 0.1) is 0 Å². The number of sulfone groups is 1. The van der Waals surface area contributed by atoms with Crippen molar-refractivity contribution in [1.82, 2.24) is 9.29 Å². The Morgan fingerprint density at radius 1 is 1.09 bits per heavy atom. The highest BCUT2D eigenvalue weighted by Crippen LogP contribution is 2.31. The van der Waals surface area contributed by atoms with Crippen LogP contribution in [0.15, 0.2) is 53.7 Å². The molecule has 0 radical (unpaired) electrons. The standard InChI is InChI=1S/C19H19F3N2O7S2/c20-19(21,22)31-14-1-3-15(4-2-14)33(29,30)24-10-7-16(11-17(24)18(25)26)32(27,28)12-13-5-8-23-9-6-13/h1-6,8-9,16-17H,7,10-12H2,(H,25,26)/t16-,17-/m1/s1. The quantitative estimate of drug-likeness (QED) is 0.602. The topological polar surface area (TPSA) is 131 Å². The predicted octanol–water partition coefficient (Wildman–Crippen LogP) is 2.20. The van der Waals surface area contributed by atoms with Gasteiger partial charge >= 0.3 is 12.3 Å². The number of ether oxygens (including phenoxy) is 1. The molecule has 0 saturated carbocycles. The maximum absolute atomic E-state index is 13.0. The second kappa shape index (κ2) is 9.27. The van der Waals surface area contributed by atoms with Crippen LogP contribution in [0.4, 0.5) is 13.2 Å². The lowest BCUT2D eigenvalue weighted by molar-refractivity contribution is -0.274. The van der Waals surface area contributed by atoms with E-state index < -0.39 is 60.5 Å². The van der Waals surface area contributed by atoms with Gasteiger partial charge in [0, 0.05) is 18.9 Å². The van der Waals surface area contributed by atoms with Crippen LogP contribution in [0.2, 0.25) is 0 Å². The number of aromatic nitrogens is 1. The van der Waals surface area contributed by atoms with Crippen molar-refractivity contribution in [3.05, 3.63) is 54.4 Å². The maximum Gasteiger partial charge on any atom is 0.573 e. The summed E-state index contributed by atoms with van der Waals surface area (Å²) in [6.07, 6.45) is -2.71. The summed E-state index contributed by atoms with van der Waals surface area (Å²) in [5, 5.41) is 8.53. The van der Waals surface area contributed by atoms with E-state index >= 15 is 0 Å². The lowest BCUT2D eigenvalue weighted by Gasteiger charge is -2.36. The second-order valence-electron chi connectivity index (χ2n) is 7.30. The van der Waals surface area contributed by atoms with E-state index in [9.17, 15) is 39.9 Å². The molecule has 180 valence electrons. The average molecular weight is 508 g/mol. The summed E-state index contributed by atoms with van der Waals surface area (Å²) in [4.78, 5) is 15.2. The maximum atomic E-state index is 13.0. The van der Waals surface area contributed by atoms with Gasteiger partial charge in [0.25, 0.3) is 0 Å². The zero-order valence-electron chi connectivity index (χ0n) is 16.8. The Balaban J connectivity index is 1.81. The number of rotatable bonds is 7. The molecule has 3 rings (SSSR count). The molecule has 0 spiro atoms. The minimum atomic E-state index is -4.96. The van der Waals surface area contributed by atoms with Gasteiger partial charge in [0.15, 0.2) is 9.84 Å². The Morgan fingerprint density at radius 2 is 1.70 bits per heavy atom. The molecule has 0 aliphatic carbocycles. The number of carbonyl (C=O) groups is 1. The third-order valence-electron chi connectivity index (χ3n) is 5.08. The van der Waals surface area contributed by atoms with Gasteiger partial charge in [0.05, 0.1) is 15.9 Å². The van der Waals surface area contributed by atoms with Crippen molar-refractivity contribution in [3.8, 4) is 5.75 Å². The lowest BCUT2D eigenvalue weighted by atomic mass is 10.0. The van der Waals surface area contributed by atoms with Crippen molar-refractivity contribution < 1.29 is 44.6 Å². The first kappa shape index (κ1) is 24.9. The number of sulfonamides is 1. The SMILES string of the molecule is O=C(O)[C@H]1C[C@H](S(=O)(=O)Cc2ccncc2)CCN1S(=O)(=O)c1ccc(OC(F)(F)F)cc1. The van der Waals surface area contributed by atoms with Crippen molar-refractivity contribution in [2.75, 3.05) is 6.54 Å². The van der Waals surface area contributed by atoms with Crippen molar-refractivity contribution in [3.63, 3.8) is 0 Å². The highest BCUT2D eigenvalue weighted by molar-refractivity contribution is 7.91. The van der Waals surface area contributed by atoms with Crippen molar-refractivity contribution >= 4 is 25.8 Å². The number of benzene rings is 1. The van der Waals surface area contributed by atoms with Gasteiger partial charge in [0.1, 0.15) is 11.8 Å². The number of aliphatic carboxylic acids is 1. The predicted molar refractivity (Wildman–Crippen MR) is 108 cm³/mol. The van der Waals surface area contributed by atoms with Crippen molar-refractivity contribution in [2.24, 2.45) is 0 Å². The van der Waals surface area contributed by atoms with E-state index in [-0.39, 0.29) is 18.7 Å². The molecule has 1 N–H and O–H groups in total. The third kappa shape index (κ3) is 6.00. The van der Waals surface area contributed by atoms with E-state index in [1.807, 2.05) is 0 Å². The Morgan fingerprint density at radius 3 is 2.24 bits per heavy atom. The number of piperidine rings is 1. The zero-order chi connectivity index (χ0) is 24.4. The van der Waals surface area contributed by atoms with Crippen LogP contribution in [0.1, 0.15) is 18.4 Å². The molecule has 1 aliphatic rings. The van der Waals surface area contributed by atoms with E-state index in [4.69, 9.17) is 0 Å². The fourth-order valence-corrected chi connectivity index (χ4v) is 6.97. The highest BCUT2D eigenvalue weighted by Gasteiger charge is 2.44. The first-order chi connectivity index (χ1) is 15.3. The fourth-order valence-electron chi connectivity index (χ4n) is 3.53. The van der Waals surface area contributed by atoms with Gasteiger partial charge in [-0.25, -0.2) is 16.8 Å². The van der Waals surface area contributed by atoms with Crippen molar-refractivity contribution in [1.29, 1.82) is 0 Å². The molecule has 0 amide bonds. The zero-order valence-corrected chi connectivity index (χ0v) is 18.5. The molecule has 1 aromatic carbocycles. The van der Waals surface area contributed by atoms with Gasteiger partial charge in [-0.05, 0) is 54.8 Å². The molecule has 14 heteroatoms. The Kier molecular flexibility index (Phi) is 7.00. The largest absolute Gasteiger partial charge is 0.573 e. The minimum absolute atomic E-state index is 0.133. The average Bonchev–Trinajstić information content (AvgIpc) is 2.73. The molecule has 2 heterocycles. The van der Waals surface area contributed by atoms with Gasteiger partial charge in [-0.15, -0.1) is 13.2 Å². The van der Waals surface area contributed by atoms with Crippen LogP contribution in [0.25, 0.3) is 0 Å². The molecule has 0 unspecified atom stereocenters. The summed E-state index contributed by atoms with van der Waals surface area (Å²) < 4.78 is 92.9. The van der Waals surface area contributed by atoms with Crippen LogP contribution in [-0.4, -0.2) is 61.4 Å². The number of hydrogen-bond donors (Lipinski definition) is 1. The number of halogens is 3. The molecule has 33 heavy (non-hydrogen) atoms. The Labute approximate surface area is 187 Å².